The summed E-state index contributed by atoms with van der Waals surface area (Å²) in [4.78, 5) is 13.5. The quantitative estimate of drug-likeness (QED) is 0.795. The summed E-state index contributed by atoms with van der Waals surface area (Å²) in [5.74, 6) is 0.839. The monoisotopic (exact) mass is 255 g/mol. The van der Waals surface area contributed by atoms with Crippen molar-refractivity contribution in [2.45, 2.75) is 19.1 Å². The maximum absolute atomic E-state index is 12.4. The van der Waals surface area contributed by atoms with Crippen molar-refractivity contribution in [3.8, 4) is 0 Å². The number of likely N-dealkylation sites (tertiary alicyclic amines) is 1. The molecule has 2 atom stereocenters. The number of rotatable bonds is 2. The van der Waals surface area contributed by atoms with Crippen LogP contribution in [-0.4, -0.2) is 17.4 Å². The molecule has 96 valence electrons. The van der Waals surface area contributed by atoms with Crippen LogP contribution >= 0.6 is 0 Å². The van der Waals surface area contributed by atoms with Crippen molar-refractivity contribution < 1.29 is 18.0 Å². The van der Waals surface area contributed by atoms with Gasteiger partial charge in [-0.3, -0.25) is 4.79 Å². The molecule has 2 unspecified atom stereocenters. The van der Waals surface area contributed by atoms with Gasteiger partial charge in [0.15, 0.2) is 0 Å². The van der Waals surface area contributed by atoms with E-state index >= 15 is 0 Å². The van der Waals surface area contributed by atoms with Crippen molar-refractivity contribution >= 4 is 5.91 Å². The minimum absolute atomic E-state index is 0.153. The smallest absolute Gasteiger partial charge is 0.338 e. The second-order valence-corrected chi connectivity index (χ2v) is 5.02. The standard InChI is InChI=1S/C13H12F3NO/c14-13(15,16)10-3-1-8(2-4-10)6-17-7-9-5-11(9)12(17)18/h1-4,9,11H,5-7H2. The Morgan fingerprint density at radius 1 is 1.22 bits per heavy atom. The number of carbonyl (C=O) groups excluding carboxylic acids is 1. The summed E-state index contributed by atoms with van der Waals surface area (Å²) in [6.07, 6.45) is -3.31. The lowest BCUT2D eigenvalue weighted by atomic mass is 10.1. The van der Waals surface area contributed by atoms with Crippen molar-refractivity contribution in [2.24, 2.45) is 11.8 Å². The van der Waals surface area contributed by atoms with E-state index in [2.05, 4.69) is 0 Å². The van der Waals surface area contributed by atoms with Crippen LogP contribution in [0, 0.1) is 11.8 Å². The number of hydrogen-bond acceptors (Lipinski definition) is 1. The number of nitrogens with zero attached hydrogens (tertiary/aromatic N) is 1. The zero-order valence-corrected chi connectivity index (χ0v) is 9.57. The number of halogens is 3. The molecule has 2 fully saturated rings. The zero-order chi connectivity index (χ0) is 12.9. The molecular formula is C13H12F3NO. The van der Waals surface area contributed by atoms with E-state index in [4.69, 9.17) is 0 Å². The Morgan fingerprint density at radius 2 is 1.89 bits per heavy atom. The van der Waals surface area contributed by atoms with Crippen LogP contribution in [0.1, 0.15) is 17.5 Å². The molecule has 18 heavy (non-hydrogen) atoms. The molecular weight excluding hydrogens is 243 g/mol. The van der Waals surface area contributed by atoms with E-state index in [1.54, 1.807) is 4.90 Å². The first-order chi connectivity index (χ1) is 8.45. The summed E-state index contributed by atoms with van der Waals surface area (Å²) in [7, 11) is 0. The van der Waals surface area contributed by atoms with Gasteiger partial charge in [-0.05, 0) is 30.0 Å². The maximum atomic E-state index is 12.4. The highest BCUT2D eigenvalue weighted by Crippen LogP contribution is 2.46. The van der Waals surface area contributed by atoms with Crippen molar-refractivity contribution in [3.63, 3.8) is 0 Å². The van der Waals surface area contributed by atoms with Crippen LogP contribution in [-0.2, 0) is 17.5 Å². The largest absolute Gasteiger partial charge is 0.416 e. The van der Waals surface area contributed by atoms with E-state index < -0.39 is 11.7 Å². The van der Waals surface area contributed by atoms with Crippen LogP contribution in [0.5, 0.6) is 0 Å². The van der Waals surface area contributed by atoms with Gasteiger partial charge in [-0.1, -0.05) is 12.1 Å². The molecule has 1 aliphatic heterocycles. The van der Waals surface area contributed by atoms with Gasteiger partial charge < -0.3 is 4.90 Å². The summed E-state index contributed by atoms with van der Waals surface area (Å²) in [5.41, 5.74) is 0.0968. The third-order valence-corrected chi connectivity index (χ3v) is 3.66. The second-order valence-electron chi connectivity index (χ2n) is 5.02. The Hall–Kier alpha value is -1.52. The Morgan fingerprint density at radius 3 is 2.39 bits per heavy atom. The highest BCUT2D eigenvalue weighted by atomic mass is 19.4. The fourth-order valence-corrected chi connectivity index (χ4v) is 2.52. The molecule has 3 rings (SSSR count). The van der Waals surface area contributed by atoms with Gasteiger partial charge in [-0.15, -0.1) is 0 Å². The zero-order valence-electron chi connectivity index (χ0n) is 9.57. The number of fused-ring (bicyclic) bond motifs is 1. The summed E-state index contributed by atoms with van der Waals surface area (Å²) in [5, 5.41) is 0. The topological polar surface area (TPSA) is 20.3 Å². The lowest BCUT2D eigenvalue weighted by molar-refractivity contribution is -0.137. The Kier molecular flexibility index (Phi) is 2.40. The van der Waals surface area contributed by atoms with Crippen molar-refractivity contribution in [1.82, 2.24) is 4.90 Å². The molecule has 5 heteroatoms. The van der Waals surface area contributed by atoms with Crippen LogP contribution in [0.4, 0.5) is 13.2 Å². The van der Waals surface area contributed by atoms with Gasteiger partial charge in [-0.2, -0.15) is 13.2 Å². The third kappa shape index (κ3) is 1.98. The molecule has 0 spiro atoms. The number of carbonyl (C=O) groups is 1. The minimum atomic E-state index is -4.30. The van der Waals surface area contributed by atoms with Gasteiger partial charge in [0.05, 0.1) is 5.56 Å². The molecule has 0 aromatic heterocycles. The number of benzene rings is 1. The highest BCUT2D eigenvalue weighted by Gasteiger charge is 2.51. The molecule has 2 aliphatic rings. The van der Waals surface area contributed by atoms with Gasteiger partial charge in [0.1, 0.15) is 0 Å². The van der Waals surface area contributed by atoms with E-state index in [-0.39, 0.29) is 11.8 Å². The van der Waals surface area contributed by atoms with E-state index in [0.29, 0.717) is 12.5 Å². The minimum Gasteiger partial charge on any atom is -0.338 e. The second kappa shape index (κ2) is 3.73. The Bertz CT molecular complexity index is 480. The SMILES string of the molecule is O=C1C2CC2CN1Cc1ccc(C(F)(F)F)cc1. The fourth-order valence-electron chi connectivity index (χ4n) is 2.52. The van der Waals surface area contributed by atoms with Crippen LogP contribution < -0.4 is 0 Å². The average molecular weight is 255 g/mol. The van der Waals surface area contributed by atoms with Crippen molar-refractivity contribution in [2.75, 3.05) is 6.54 Å². The lowest BCUT2D eigenvalue weighted by Crippen LogP contribution is -2.27. The normalized spacial score (nSPS) is 26.4. The molecule has 1 heterocycles. The van der Waals surface area contributed by atoms with Crippen LogP contribution in [0.3, 0.4) is 0 Å². The van der Waals surface area contributed by atoms with E-state index in [9.17, 15) is 18.0 Å². The maximum Gasteiger partial charge on any atom is 0.416 e. The van der Waals surface area contributed by atoms with Gasteiger partial charge in [-0.25, -0.2) is 0 Å². The average Bonchev–Trinajstić information content (AvgIpc) is 3.00. The third-order valence-electron chi connectivity index (χ3n) is 3.66. The number of amides is 1. The summed E-state index contributed by atoms with van der Waals surface area (Å²) >= 11 is 0. The van der Waals surface area contributed by atoms with Crippen LogP contribution in [0.25, 0.3) is 0 Å². The van der Waals surface area contributed by atoms with E-state index in [1.165, 1.54) is 12.1 Å². The first kappa shape index (κ1) is 11.6. The summed E-state index contributed by atoms with van der Waals surface area (Å²) < 4.78 is 37.1. The predicted molar refractivity (Wildman–Crippen MR) is 58.5 cm³/mol. The van der Waals surface area contributed by atoms with Crippen LogP contribution in [0.15, 0.2) is 24.3 Å². The molecule has 2 nitrogen and oxygen atoms in total. The predicted octanol–water partition coefficient (Wildman–Crippen LogP) is 2.68. The highest BCUT2D eigenvalue weighted by molar-refractivity contribution is 5.84. The molecule has 1 aromatic rings. The Labute approximate surface area is 102 Å². The summed E-state index contributed by atoms with van der Waals surface area (Å²) in [6, 6.07) is 5.02. The van der Waals surface area contributed by atoms with Crippen LogP contribution in [0.2, 0.25) is 0 Å². The fraction of sp³-hybridized carbons (Fsp3) is 0.462. The first-order valence-corrected chi connectivity index (χ1v) is 5.90. The molecule has 0 N–H and O–H groups in total. The van der Waals surface area contributed by atoms with Gasteiger partial charge in [0, 0.05) is 19.0 Å². The molecule has 1 aromatic carbocycles. The lowest BCUT2D eigenvalue weighted by Gasteiger charge is -2.18. The molecule has 0 radical (unpaired) electrons. The number of piperidine rings is 1. The molecule has 0 bridgehead atoms. The molecule has 1 amide bonds. The molecule has 1 aliphatic carbocycles. The number of hydrogen-bond donors (Lipinski definition) is 0. The summed E-state index contributed by atoms with van der Waals surface area (Å²) in [6.45, 7) is 1.18. The van der Waals surface area contributed by atoms with Gasteiger partial charge >= 0.3 is 6.18 Å². The Balaban J connectivity index is 1.69. The van der Waals surface area contributed by atoms with Gasteiger partial charge in [0.25, 0.3) is 0 Å². The van der Waals surface area contributed by atoms with Crippen molar-refractivity contribution in [3.05, 3.63) is 35.4 Å². The van der Waals surface area contributed by atoms with Gasteiger partial charge in [0.2, 0.25) is 5.91 Å². The van der Waals surface area contributed by atoms with Crippen molar-refractivity contribution in [1.29, 1.82) is 0 Å². The molecule has 1 saturated carbocycles. The van der Waals surface area contributed by atoms with E-state index in [1.807, 2.05) is 0 Å². The van der Waals surface area contributed by atoms with E-state index in [0.717, 1.165) is 30.7 Å². The first-order valence-electron chi connectivity index (χ1n) is 5.90. The number of alkyl halides is 3. The molecule has 1 saturated heterocycles.